The zero-order chi connectivity index (χ0) is 22.4. The van der Waals surface area contributed by atoms with Crippen molar-refractivity contribution in [2.24, 2.45) is 0 Å². The molecule has 3 aromatic rings. The summed E-state index contributed by atoms with van der Waals surface area (Å²) in [5, 5.41) is 13.1. The molecule has 0 atom stereocenters. The number of carbonyl (C=O) groups excluding carboxylic acids is 1. The van der Waals surface area contributed by atoms with Gasteiger partial charge in [-0.1, -0.05) is 72.1 Å². The van der Waals surface area contributed by atoms with Crippen molar-refractivity contribution in [3.63, 3.8) is 0 Å². The van der Waals surface area contributed by atoms with E-state index >= 15 is 0 Å². The number of nitriles is 1. The Labute approximate surface area is 189 Å². The van der Waals surface area contributed by atoms with Gasteiger partial charge in [0, 0.05) is 10.7 Å². The van der Waals surface area contributed by atoms with Crippen LogP contribution in [0.3, 0.4) is 0 Å². The predicted molar refractivity (Wildman–Crippen MR) is 128 cm³/mol. The van der Waals surface area contributed by atoms with Crippen LogP contribution in [0.2, 0.25) is 5.02 Å². The highest BCUT2D eigenvalue weighted by Crippen LogP contribution is 2.24. The van der Waals surface area contributed by atoms with Crippen LogP contribution in [0.25, 0.3) is 6.08 Å². The van der Waals surface area contributed by atoms with E-state index in [9.17, 15) is 10.1 Å². The average molecular weight is 429 g/mol. The molecule has 0 saturated heterocycles. The maximum Gasteiger partial charge on any atom is 0.266 e. The average Bonchev–Trinajstić information content (AvgIpc) is 2.73. The Morgan fingerprint density at radius 2 is 1.74 bits per heavy atom. The normalized spacial score (nSPS) is 11.1. The Hall–Kier alpha value is -3.35. The second-order valence-electron chi connectivity index (χ2n) is 7.65. The highest BCUT2D eigenvalue weighted by Gasteiger charge is 2.13. The molecule has 0 unspecified atom stereocenters. The molecule has 0 aliphatic rings. The van der Waals surface area contributed by atoms with Crippen molar-refractivity contribution in [3.05, 3.63) is 105 Å². The largest absolute Gasteiger partial charge is 0.321 e. The van der Waals surface area contributed by atoms with E-state index in [1.807, 2.05) is 49.4 Å². The van der Waals surface area contributed by atoms with Gasteiger partial charge in [-0.05, 0) is 73.2 Å². The molecule has 0 fully saturated rings. The summed E-state index contributed by atoms with van der Waals surface area (Å²) in [5.74, 6) is -0.430. The molecule has 156 valence electrons. The number of para-hydroxylation sites is 1. The molecule has 0 heterocycles. The Morgan fingerprint density at radius 1 is 1.03 bits per heavy atom. The van der Waals surface area contributed by atoms with Gasteiger partial charge in [0.15, 0.2) is 0 Å². The van der Waals surface area contributed by atoms with Gasteiger partial charge in [0.25, 0.3) is 5.91 Å². The van der Waals surface area contributed by atoms with Crippen LogP contribution in [-0.2, 0) is 17.6 Å². The number of hydrogen-bond acceptors (Lipinski definition) is 2. The molecule has 3 aromatic carbocycles. The predicted octanol–water partition coefficient (Wildman–Crippen LogP) is 6.66. The Balaban J connectivity index is 1.93. The highest BCUT2D eigenvalue weighted by atomic mass is 35.5. The quantitative estimate of drug-likeness (QED) is 0.352. The number of nitrogens with zero attached hydrogens (tertiary/aromatic N) is 1. The highest BCUT2D eigenvalue weighted by molar-refractivity contribution is 6.30. The first kappa shape index (κ1) is 22.3. The minimum absolute atomic E-state index is 0.0369. The zero-order valence-corrected chi connectivity index (χ0v) is 18.8. The van der Waals surface area contributed by atoms with Crippen LogP contribution in [0.15, 0.2) is 66.2 Å². The maximum atomic E-state index is 12.8. The summed E-state index contributed by atoms with van der Waals surface area (Å²) in [6, 6.07) is 21.7. The number of amides is 1. The summed E-state index contributed by atoms with van der Waals surface area (Å²) in [5.41, 5.74) is 7.12. The van der Waals surface area contributed by atoms with E-state index in [0.29, 0.717) is 11.4 Å². The second-order valence-corrected chi connectivity index (χ2v) is 8.09. The van der Waals surface area contributed by atoms with Crippen molar-refractivity contribution in [2.45, 2.75) is 33.6 Å². The number of halogens is 1. The standard InChI is InChI=1S/C27H25ClN2O/c1-4-21-7-5-6-8-26(21)30-27(31)24(17-29)15-23-16-25(28)10-9-22(23)14-20-12-18(2)11-19(3)13-20/h5-13,15-16H,4,14H2,1-3H3,(H,30,31)/b24-15+. The lowest BCUT2D eigenvalue weighted by Crippen LogP contribution is -2.14. The fourth-order valence-electron chi connectivity index (χ4n) is 3.70. The van der Waals surface area contributed by atoms with Gasteiger partial charge in [0.05, 0.1) is 0 Å². The number of rotatable bonds is 6. The molecule has 3 nitrogen and oxygen atoms in total. The van der Waals surface area contributed by atoms with Crippen molar-refractivity contribution in [1.29, 1.82) is 5.26 Å². The molecule has 0 bridgehead atoms. The minimum atomic E-state index is -0.430. The van der Waals surface area contributed by atoms with Crippen LogP contribution >= 0.6 is 11.6 Å². The first-order valence-electron chi connectivity index (χ1n) is 10.3. The van der Waals surface area contributed by atoms with Gasteiger partial charge in [-0.15, -0.1) is 0 Å². The van der Waals surface area contributed by atoms with Gasteiger partial charge >= 0.3 is 0 Å². The van der Waals surface area contributed by atoms with Crippen molar-refractivity contribution < 1.29 is 4.79 Å². The number of anilines is 1. The molecular formula is C27H25ClN2O. The summed E-state index contributed by atoms with van der Waals surface area (Å²) in [7, 11) is 0. The lowest BCUT2D eigenvalue weighted by atomic mass is 9.96. The van der Waals surface area contributed by atoms with Crippen molar-refractivity contribution in [2.75, 3.05) is 5.32 Å². The molecule has 4 heteroatoms. The Morgan fingerprint density at radius 3 is 2.42 bits per heavy atom. The van der Waals surface area contributed by atoms with Gasteiger partial charge in [0.2, 0.25) is 0 Å². The third-order valence-corrected chi connectivity index (χ3v) is 5.33. The summed E-state index contributed by atoms with van der Waals surface area (Å²) in [6.45, 7) is 6.17. The maximum absolute atomic E-state index is 12.8. The van der Waals surface area contributed by atoms with E-state index < -0.39 is 5.91 Å². The van der Waals surface area contributed by atoms with Gasteiger partial charge < -0.3 is 5.32 Å². The van der Waals surface area contributed by atoms with E-state index in [0.717, 1.165) is 28.8 Å². The monoisotopic (exact) mass is 428 g/mol. The number of aryl methyl sites for hydroxylation is 3. The molecular weight excluding hydrogens is 404 g/mol. The van der Waals surface area contributed by atoms with Crippen molar-refractivity contribution in [1.82, 2.24) is 0 Å². The Kier molecular flexibility index (Phi) is 7.28. The van der Waals surface area contributed by atoms with E-state index in [-0.39, 0.29) is 5.57 Å². The fourth-order valence-corrected chi connectivity index (χ4v) is 3.88. The molecule has 31 heavy (non-hydrogen) atoms. The molecule has 0 radical (unpaired) electrons. The SMILES string of the molecule is CCc1ccccc1NC(=O)/C(C#N)=C/c1cc(Cl)ccc1Cc1cc(C)cc(C)c1. The third-order valence-electron chi connectivity index (χ3n) is 5.10. The van der Waals surface area contributed by atoms with Gasteiger partial charge in [-0.3, -0.25) is 4.79 Å². The molecule has 0 spiro atoms. The van der Waals surface area contributed by atoms with E-state index in [1.54, 1.807) is 12.1 Å². The zero-order valence-electron chi connectivity index (χ0n) is 18.0. The van der Waals surface area contributed by atoms with Crippen LogP contribution < -0.4 is 5.32 Å². The smallest absolute Gasteiger partial charge is 0.266 e. The fraction of sp³-hybridized carbons (Fsp3) is 0.185. The first-order valence-corrected chi connectivity index (χ1v) is 10.6. The molecule has 3 rings (SSSR count). The lowest BCUT2D eigenvalue weighted by molar-refractivity contribution is -0.112. The summed E-state index contributed by atoms with van der Waals surface area (Å²) < 4.78 is 0. The summed E-state index contributed by atoms with van der Waals surface area (Å²) >= 11 is 6.23. The number of benzene rings is 3. The molecule has 1 amide bonds. The van der Waals surface area contributed by atoms with E-state index in [2.05, 4.69) is 37.4 Å². The lowest BCUT2D eigenvalue weighted by Gasteiger charge is -2.11. The van der Waals surface area contributed by atoms with Crippen LogP contribution in [0.1, 0.15) is 40.3 Å². The van der Waals surface area contributed by atoms with Crippen molar-refractivity contribution >= 4 is 29.3 Å². The molecule has 0 aliphatic heterocycles. The van der Waals surface area contributed by atoms with Crippen LogP contribution in [0, 0.1) is 25.2 Å². The number of nitrogens with one attached hydrogen (secondary N) is 1. The number of hydrogen-bond donors (Lipinski definition) is 1. The topological polar surface area (TPSA) is 52.9 Å². The second kappa shape index (κ2) is 10.1. The summed E-state index contributed by atoms with van der Waals surface area (Å²) in [6.07, 6.45) is 3.09. The van der Waals surface area contributed by atoms with Gasteiger partial charge in [-0.2, -0.15) is 5.26 Å². The minimum Gasteiger partial charge on any atom is -0.321 e. The van der Waals surface area contributed by atoms with Crippen LogP contribution in [0.4, 0.5) is 5.69 Å². The van der Waals surface area contributed by atoms with E-state index in [4.69, 9.17) is 11.6 Å². The third kappa shape index (κ3) is 5.84. The van der Waals surface area contributed by atoms with Gasteiger partial charge in [-0.25, -0.2) is 0 Å². The van der Waals surface area contributed by atoms with Crippen LogP contribution in [0.5, 0.6) is 0 Å². The molecule has 0 aromatic heterocycles. The summed E-state index contributed by atoms with van der Waals surface area (Å²) in [4.78, 5) is 12.8. The molecule has 0 aliphatic carbocycles. The Bertz CT molecular complexity index is 1170. The van der Waals surface area contributed by atoms with Gasteiger partial charge in [0.1, 0.15) is 11.6 Å². The molecule has 0 saturated carbocycles. The number of carbonyl (C=O) groups is 1. The van der Waals surface area contributed by atoms with E-state index in [1.165, 1.54) is 16.7 Å². The first-order chi connectivity index (χ1) is 14.9. The van der Waals surface area contributed by atoms with Crippen molar-refractivity contribution in [3.8, 4) is 6.07 Å². The molecule has 1 N–H and O–H groups in total. The van der Waals surface area contributed by atoms with Crippen LogP contribution in [-0.4, -0.2) is 5.91 Å².